The number of hydrogen-bond donors (Lipinski definition) is 1. The van der Waals surface area contributed by atoms with Crippen LogP contribution in [0.5, 0.6) is 0 Å². The summed E-state index contributed by atoms with van der Waals surface area (Å²) in [6.45, 7) is 0.688. The van der Waals surface area contributed by atoms with Gasteiger partial charge < -0.3 is 10.6 Å². The van der Waals surface area contributed by atoms with E-state index < -0.39 is 5.91 Å². The maximum atomic E-state index is 12.9. The van der Waals surface area contributed by atoms with Gasteiger partial charge in [-0.3, -0.25) is 9.59 Å². The van der Waals surface area contributed by atoms with E-state index >= 15 is 0 Å². The second-order valence-electron chi connectivity index (χ2n) is 5.09. The fourth-order valence-electron chi connectivity index (χ4n) is 2.61. The van der Waals surface area contributed by atoms with Gasteiger partial charge in [0.05, 0.1) is 11.3 Å². The van der Waals surface area contributed by atoms with Crippen molar-refractivity contribution >= 4 is 29.3 Å². The Morgan fingerprint density at radius 1 is 1.09 bits per heavy atom. The molecular weight excluding hydrogens is 296 g/mol. The molecule has 0 fully saturated rings. The molecule has 3 rings (SSSR count). The summed E-state index contributed by atoms with van der Waals surface area (Å²) in [5, 5.41) is 0. The molecule has 0 saturated carbocycles. The third-order valence-electron chi connectivity index (χ3n) is 3.62. The Morgan fingerprint density at radius 2 is 1.82 bits per heavy atom. The first-order valence-electron chi connectivity index (χ1n) is 7.06. The van der Waals surface area contributed by atoms with E-state index in [1.54, 1.807) is 11.0 Å². The Kier molecular flexibility index (Phi) is 4.15. The van der Waals surface area contributed by atoms with Crippen molar-refractivity contribution in [2.45, 2.75) is 11.3 Å². The molecule has 0 bridgehead atoms. The van der Waals surface area contributed by atoms with E-state index in [1.165, 1.54) is 17.3 Å². The maximum absolute atomic E-state index is 12.9. The van der Waals surface area contributed by atoms with Crippen LogP contribution in [0.25, 0.3) is 0 Å². The monoisotopic (exact) mass is 312 g/mol. The average molecular weight is 312 g/mol. The Hall–Kier alpha value is -2.27. The largest absolute Gasteiger partial charge is 0.369 e. The van der Waals surface area contributed by atoms with E-state index in [9.17, 15) is 9.59 Å². The molecule has 2 aromatic carbocycles. The van der Waals surface area contributed by atoms with Gasteiger partial charge in [0.25, 0.3) is 5.91 Å². The summed E-state index contributed by atoms with van der Waals surface area (Å²) in [5.41, 5.74) is 7.98. The van der Waals surface area contributed by atoms with Crippen molar-refractivity contribution in [1.29, 1.82) is 0 Å². The van der Waals surface area contributed by atoms with Crippen molar-refractivity contribution in [2.24, 2.45) is 5.73 Å². The van der Waals surface area contributed by atoms with Crippen molar-refractivity contribution in [3.63, 3.8) is 0 Å². The minimum atomic E-state index is -0.390. The standard InChI is InChI=1S/C17H16N2O2S/c18-16(20)11-22-15-8-4-2-6-13(15)17(21)19-10-9-12-5-1-3-7-14(12)19/h1-8H,9-11H2,(H2,18,20). The molecule has 22 heavy (non-hydrogen) atoms. The fraction of sp³-hybridized carbons (Fsp3) is 0.176. The van der Waals surface area contributed by atoms with Crippen molar-refractivity contribution < 1.29 is 9.59 Å². The van der Waals surface area contributed by atoms with E-state index in [1.807, 2.05) is 36.4 Å². The molecule has 2 aromatic rings. The Labute approximate surface area is 133 Å². The van der Waals surface area contributed by atoms with Crippen molar-refractivity contribution in [3.05, 3.63) is 59.7 Å². The van der Waals surface area contributed by atoms with Gasteiger partial charge in [0.15, 0.2) is 0 Å². The lowest BCUT2D eigenvalue weighted by molar-refractivity contribution is -0.115. The van der Waals surface area contributed by atoms with Crippen LogP contribution in [0.1, 0.15) is 15.9 Å². The molecule has 0 aliphatic carbocycles. The maximum Gasteiger partial charge on any atom is 0.259 e. The molecule has 4 nitrogen and oxygen atoms in total. The molecule has 1 aliphatic rings. The summed E-state index contributed by atoms with van der Waals surface area (Å²) in [4.78, 5) is 26.4. The molecule has 112 valence electrons. The Balaban J connectivity index is 1.89. The molecule has 0 saturated heterocycles. The van der Waals surface area contributed by atoms with Crippen LogP contribution in [0, 0.1) is 0 Å². The summed E-state index contributed by atoms with van der Waals surface area (Å²) in [6.07, 6.45) is 0.874. The predicted molar refractivity (Wildman–Crippen MR) is 88.2 cm³/mol. The highest BCUT2D eigenvalue weighted by Gasteiger charge is 2.26. The topological polar surface area (TPSA) is 63.4 Å². The van der Waals surface area contributed by atoms with Gasteiger partial charge >= 0.3 is 0 Å². The summed E-state index contributed by atoms with van der Waals surface area (Å²) in [7, 11) is 0. The number of nitrogens with two attached hydrogens (primary N) is 1. The molecule has 1 heterocycles. The molecule has 0 atom stereocenters. The van der Waals surface area contributed by atoms with Crippen LogP contribution in [-0.4, -0.2) is 24.1 Å². The molecule has 0 radical (unpaired) electrons. The average Bonchev–Trinajstić information content (AvgIpc) is 2.96. The lowest BCUT2D eigenvalue weighted by Gasteiger charge is -2.19. The first-order chi connectivity index (χ1) is 10.7. The van der Waals surface area contributed by atoms with Crippen LogP contribution < -0.4 is 10.6 Å². The lowest BCUT2D eigenvalue weighted by atomic mass is 10.1. The first kappa shape index (κ1) is 14.7. The minimum absolute atomic E-state index is 0.0301. The van der Waals surface area contributed by atoms with Gasteiger partial charge in [-0.2, -0.15) is 0 Å². The quantitative estimate of drug-likeness (QED) is 0.882. The van der Waals surface area contributed by atoms with Crippen LogP contribution in [0.4, 0.5) is 5.69 Å². The molecule has 2 amide bonds. The number of hydrogen-bond acceptors (Lipinski definition) is 3. The number of carbonyl (C=O) groups excluding carboxylic acids is 2. The van der Waals surface area contributed by atoms with Crippen LogP contribution in [0.15, 0.2) is 53.4 Å². The molecule has 0 aromatic heterocycles. The van der Waals surface area contributed by atoms with E-state index in [0.717, 1.165) is 17.0 Å². The van der Waals surface area contributed by atoms with E-state index in [-0.39, 0.29) is 11.7 Å². The molecule has 5 heteroatoms. The third kappa shape index (κ3) is 2.85. The zero-order chi connectivity index (χ0) is 15.5. The van der Waals surface area contributed by atoms with Crippen molar-refractivity contribution in [1.82, 2.24) is 0 Å². The number of para-hydroxylation sites is 1. The fourth-order valence-corrected chi connectivity index (χ4v) is 3.40. The van der Waals surface area contributed by atoms with Gasteiger partial charge in [0, 0.05) is 17.1 Å². The highest BCUT2D eigenvalue weighted by Crippen LogP contribution is 2.31. The van der Waals surface area contributed by atoms with Crippen LogP contribution in [0.3, 0.4) is 0 Å². The van der Waals surface area contributed by atoms with Gasteiger partial charge in [-0.05, 0) is 30.2 Å². The number of amides is 2. The van der Waals surface area contributed by atoms with Crippen molar-refractivity contribution in [2.75, 3.05) is 17.2 Å². The van der Waals surface area contributed by atoms with Gasteiger partial charge in [-0.25, -0.2) is 0 Å². The summed E-state index contributed by atoms with van der Waals surface area (Å²) >= 11 is 1.30. The number of fused-ring (bicyclic) bond motifs is 1. The van der Waals surface area contributed by atoms with Crippen LogP contribution in [-0.2, 0) is 11.2 Å². The van der Waals surface area contributed by atoms with E-state index in [2.05, 4.69) is 6.07 Å². The highest BCUT2D eigenvalue weighted by atomic mass is 32.2. The predicted octanol–water partition coefficient (Wildman–Crippen LogP) is 2.47. The molecule has 2 N–H and O–H groups in total. The summed E-state index contributed by atoms with van der Waals surface area (Å²) < 4.78 is 0. The van der Waals surface area contributed by atoms with Gasteiger partial charge in [0.2, 0.25) is 5.91 Å². The van der Waals surface area contributed by atoms with Crippen LogP contribution >= 0.6 is 11.8 Å². The number of anilines is 1. The number of thioether (sulfide) groups is 1. The first-order valence-corrected chi connectivity index (χ1v) is 8.05. The Bertz CT molecular complexity index is 730. The number of carbonyl (C=O) groups is 2. The SMILES string of the molecule is NC(=O)CSc1ccccc1C(=O)N1CCc2ccccc21. The summed E-state index contributed by atoms with van der Waals surface area (Å²) in [5.74, 6) is -0.253. The second-order valence-corrected chi connectivity index (χ2v) is 6.10. The molecule has 1 aliphatic heterocycles. The Morgan fingerprint density at radius 3 is 2.64 bits per heavy atom. The number of benzene rings is 2. The van der Waals surface area contributed by atoms with Gasteiger partial charge in [-0.1, -0.05) is 30.3 Å². The number of primary amides is 1. The van der Waals surface area contributed by atoms with Gasteiger partial charge in [-0.15, -0.1) is 11.8 Å². The van der Waals surface area contributed by atoms with Crippen LogP contribution in [0.2, 0.25) is 0 Å². The normalized spacial score (nSPS) is 13.0. The smallest absolute Gasteiger partial charge is 0.259 e. The third-order valence-corrected chi connectivity index (χ3v) is 4.72. The zero-order valence-corrected chi connectivity index (χ0v) is 12.8. The van der Waals surface area contributed by atoms with Crippen molar-refractivity contribution in [3.8, 4) is 0 Å². The highest BCUT2D eigenvalue weighted by molar-refractivity contribution is 8.00. The second kappa shape index (κ2) is 6.23. The molecular formula is C17H16N2O2S. The minimum Gasteiger partial charge on any atom is -0.369 e. The molecule has 0 spiro atoms. The van der Waals surface area contributed by atoms with E-state index in [4.69, 9.17) is 5.73 Å². The number of nitrogens with zero attached hydrogens (tertiary/aromatic N) is 1. The molecule has 0 unspecified atom stereocenters. The lowest BCUT2D eigenvalue weighted by Crippen LogP contribution is -2.29. The number of rotatable bonds is 4. The van der Waals surface area contributed by atoms with E-state index in [0.29, 0.717) is 12.1 Å². The zero-order valence-electron chi connectivity index (χ0n) is 12.0. The van der Waals surface area contributed by atoms with Gasteiger partial charge in [0.1, 0.15) is 0 Å². The summed E-state index contributed by atoms with van der Waals surface area (Å²) in [6, 6.07) is 15.3.